The van der Waals surface area contributed by atoms with Gasteiger partial charge in [0.1, 0.15) is 0 Å². The first-order valence-electron chi connectivity index (χ1n) is 8.28. The van der Waals surface area contributed by atoms with Crippen LogP contribution in [0.25, 0.3) is 0 Å². The average molecular weight is 371 g/mol. The van der Waals surface area contributed by atoms with Crippen LogP contribution in [0, 0.1) is 5.92 Å². The second-order valence-corrected chi connectivity index (χ2v) is 8.94. The Balaban J connectivity index is 1.79. The Morgan fingerprint density at radius 1 is 1.32 bits per heavy atom. The fourth-order valence-electron chi connectivity index (χ4n) is 3.49. The van der Waals surface area contributed by atoms with Gasteiger partial charge in [-0.15, -0.1) is 0 Å². The number of hydrogen-bond acceptors (Lipinski definition) is 7. The van der Waals surface area contributed by atoms with Gasteiger partial charge in [-0.1, -0.05) is 0 Å². The quantitative estimate of drug-likeness (QED) is 0.766. The number of anilines is 1. The summed E-state index contributed by atoms with van der Waals surface area (Å²) in [7, 11) is 1.11. The Bertz CT molecular complexity index is 728. The van der Waals surface area contributed by atoms with E-state index in [9.17, 15) is 13.5 Å². The van der Waals surface area contributed by atoms with Gasteiger partial charge in [0.2, 0.25) is 11.8 Å². The van der Waals surface area contributed by atoms with Crippen molar-refractivity contribution in [2.45, 2.75) is 18.4 Å². The molecule has 10 heteroatoms. The van der Waals surface area contributed by atoms with Crippen molar-refractivity contribution in [3.8, 4) is 5.88 Å². The Morgan fingerprint density at radius 2 is 2.04 bits per heavy atom. The minimum absolute atomic E-state index is 0.195. The Kier molecular flexibility index (Phi) is 4.89. The molecule has 2 atom stereocenters. The van der Waals surface area contributed by atoms with E-state index < -0.39 is 15.8 Å². The van der Waals surface area contributed by atoms with E-state index >= 15 is 0 Å². The summed E-state index contributed by atoms with van der Waals surface area (Å²) in [5.74, 6) is 0.819. The highest BCUT2D eigenvalue weighted by Gasteiger charge is 2.48. The number of aliphatic hydroxyl groups is 1. The second-order valence-electron chi connectivity index (χ2n) is 6.79. The summed E-state index contributed by atoms with van der Waals surface area (Å²) >= 11 is 0. The lowest BCUT2D eigenvalue weighted by molar-refractivity contribution is -0.0696. The van der Waals surface area contributed by atoms with Gasteiger partial charge in [0.15, 0.2) is 0 Å². The molecule has 0 bridgehead atoms. The maximum absolute atomic E-state index is 12.4. The van der Waals surface area contributed by atoms with Gasteiger partial charge in [0, 0.05) is 58.5 Å². The predicted octanol–water partition coefficient (Wildman–Crippen LogP) is -0.445. The fraction of sp³-hybridized carbons (Fsp3) is 0.733. The molecule has 2 aliphatic rings. The molecule has 0 radical (unpaired) electrons. The molecule has 9 nitrogen and oxygen atoms in total. The van der Waals surface area contributed by atoms with Gasteiger partial charge in [-0.3, -0.25) is 0 Å². The van der Waals surface area contributed by atoms with Crippen LogP contribution in [0.5, 0.6) is 5.88 Å². The van der Waals surface area contributed by atoms with Crippen LogP contribution in [-0.4, -0.2) is 85.1 Å². The molecule has 0 spiro atoms. The molecule has 0 aromatic carbocycles. The zero-order valence-electron chi connectivity index (χ0n) is 14.8. The maximum Gasteiger partial charge on any atom is 0.281 e. The van der Waals surface area contributed by atoms with Gasteiger partial charge >= 0.3 is 0 Å². The molecule has 2 aliphatic heterocycles. The van der Waals surface area contributed by atoms with E-state index in [0.29, 0.717) is 44.3 Å². The van der Waals surface area contributed by atoms with Crippen LogP contribution in [0.3, 0.4) is 0 Å². The van der Waals surface area contributed by atoms with Crippen molar-refractivity contribution in [2.75, 3.05) is 52.3 Å². The Hall–Kier alpha value is -1.49. The minimum Gasteiger partial charge on any atom is -0.481 e. The third kappa shape index (κ3) is 3.43. The molecule has 25 heavy (non-hydrogen) atoms. The minimum atomic E-state index is -3.48. The molecule has 0 amide bonds. The molecule has 1 aromatic heterocycles. The molecule has 0 saturated carbocycles. The number of methoxy groups -OCH3 is 1. The van der Waals surface area contributed by atoms with E-state index in [1.54, 1.807) is 19.4 Å². The van der Waals surface area contributed by atoms with Crippen LogP contribution in [0.15, 0.2) is 12.3 Å². The van der Waals surface area contributed by atoms with Crippen molar-refractivity contribution < 1.29 is 18.3 Å². The van der Waals surface area contributed by atoms with Gasteiger partial charge < -0.3 is 14.7 Å². The maximum atomic E-state index is 12.4. The highest BCUT2D eigenvalue weighted by Crippen LogP contribution is 2.37. The zero-order chi connectivity index (χ0) is 18.2. The summed E-state index contributed by atoms with van der Waals surface area (Å²) in [6.07, 6.45) is 2.64. The van der Waals surface area contributed by atoms with Crippen LogP contribution < -0.4 is 9.64 Å². The number of aromatic nitrogens is 2. The summed E-state index contributed by atoms with van der Waals surface area (Å²) in [6, 6.07) is 1.68. The molecular weight excluding hydrogens is 346 g/mol. The first kappa shape index (κ1) is 18.3. The predicted molar refractivity (Wildman–Crippen MR) is 92.7 cm³/mol. The monoisotopic (exact) mass is 371 g/mol. The second kappa shape index (κ2) is 6.67. The highest BCUT2D eigenvalue weighted by molar-refractivity contribution is 7.86. The molecule has 1 N–H and O–H groups in total. The molecule has 0 unspecified atom stereocenters. The normalized spacial score (nSPS) is 28.0. The van der Waals surface area contributed by atoms with Crippen LogP contribution in [0.2, 0.25) is 0 Å². The summed E-state index contributed by atoms with van der Waals surface area (Å²) < 4.78 is 32.6. The number of piperidine rings is 2. The third-order valence-electron chi connectivity index (χ3n) is 5.13. The fourth-order valence-corrected chi connectivity index (χ4v) is 4.64. The SMILES string of the molecule is COc1ccnc(N2CC[C@]3(O)CCN(S(=O)(=O)N(C)C)C[C@@H]3C2)n1. The van der Waals surface area contributed by atoms with Crippen molar-refractivity contribution in [3.05, 3.63) is 12.3 Å². The average Bonchev–Trinajstić information content (AvgIpc) is 2.60. The van der Waals surface area contributed by atoms with Gasteiger partial charge in [-0.05, 0) is 12.8 Å². The van der Waals surface area contributed by atoms with Gasteiger partial charge in [-0.2, -0.15) is 22.0 Å². The van der Waals surface area contributed by atoms with E-state index in [2.05, 4.69) is 9.97 Å². The number of nitrogens with zero attached hydrogens (tertiary/aromatic N) is 5. The highest BCUT2D eigenvalue weighted by atomic mass is 32.2. The zero-order valence-corrected chi connectivity index (χ0v) is 15.6. The summed E-state index contributed by atoms with van der Waals surface area (Å²) in [5.41, 5.74) is -0.840. The third-order valence-corrected chi connectivity index (χ3v) is 7.04. The molecule has 2 fully saturated rings. The number of rotatable bonds is 4. The molecule has 140 valence electrons. The van der Waals surface area contributed by atoms with Crippen LogP contribution in [0.4, 0.5) is 5.95 Å². The van der Waals surface area contributed by atoms with Gasteiger partial charge in [-0.25, -0.2) is 4.98 Å². The molecule has 3 rings (SSSR count). The van der Waals surface area contributed by atoms with Crippen LogP contribution in [0.1, 0.15) is 12.8 Å². The molecule has 0 aliphatic carbocycles. The van der Waals surface area contributed by atoms with Gasteiger partial charge in [0.05, 0.1) is 12.7 Å². The van der Waals surface area contributed by atoms with E-state index in [0.717, 1.165) is 0 Å². The van der Waals surface area contributed by atoms with Crippen molar-refractivity contribution in [1.29, 1.82) is 0 Å². The number of fused-ring (bicyclic) bond motifs is 1. The smallest absolute Gasteiger partial charge is 0.281 e. The Labute approximate surface area is 148 Å². The largest absolute Gasteiger partial charge is 0.481 e. The van der Waals surface area contributed by atoms with Gasteiger partial charge in [0.25, 0.3) is 10.2 Å². The molecular formula is C15H25N5O4S. The lowest BCUT2D eigenvalue weighted by Gasteiger charge is -2.49. The molecule has 3 heterocycles. The molecule has 1 aromatic rings. The van der Waals surface area contributed by atoms with Crippen LogP contribution in [-0.2, 0) is 10.2 Å². The van der Waals surface area contributed by atoms with Crippen molar-refractivity contribution in [3.63, 3.8) is 0 Å². The topological polar surface area (TPSA) is 99.1 Å². The lowest BCUT2D eigenvalue weighted by atomic mass is 9.76. The van der Waals surface area contributed by atoms with E-state index in [4.69, 9.17) is 4.74 Å². The summed E-state index contributed by atoms with van der Waals surface area (Å²) in [4.78, 5) is 10.6. The first-order valence-corrected chi connectivity index (χ1v) is 9.68. The van der Waals surface area contributed by atoms with E-state index in [1.807, 2.05) is 4.90 Å². The van der Waals surface area contributed by atoms with E-state index in [-0.39, 0.29) is 12.5 Å². The lowest BCUT2D eigenvalue weighted by Crippen LogP contribution is -2.61. The van der Waals surface area contributed by atoms with Crippen molar-refractivity contribution in [1.82, 2.24) is 18.6 Å². The number of hydrogen-bond donors (Lipinski definition) is 1. The van der Waals surface area contributed by atoms with Crippen LogP contribution >= 0.6 is 0 Å². The standard InChI is InChI=1S/C15H25N5O4S/c1-18(2)25(22,23)20-9-6-15(21)5-8-19(10-12(15)11-20)14-16-7-4-13(17-14)24-3/h4,7,12,21H,5-6,8-11H2,1-3H3/t12-,15-/m0/s1. The first-order chi connectivity index (χ1) is 11.8. The number of ether oxygens (including phenoxy) is 1. The summed E-state index contributed by atoms with van der Waals surface area (Å²) in [5, 5.41) is 11.0. The molecule has 2 saturated heterocycles. The van der Waals surface area contributed by atoms with Crippen molar-refractivity contribution in [2.24, 2.45) is 5.92 Å². The Morgan fingerprint density at radius 3 is 2.72 bits per heavy atom. The summed E-state index contributed by atoms with van der Waals surface area (Å²) in [6.45, 7) is 1.75. The van der Waals surface area contributed by atoms with E-state index in [1.165, 1.54) is 22.7 Å². The van der Waals surface area contributed by atoms with Crippen molar-refractivity contribution >= 4 is 16.2 Å².